The molecule has 0 aromatic carbocycles. The van der Waals surface area contributed by atoms with Crippen LogP contribution in [0.3, 0.4) is 0 Å². The number of hydrogen-bond acceptors (Lipinski definition) is 3. The largest absolute Gasteiger partial charge is 0.481 e. The lowest BCUT2D eigenvalue weighted by molar-refractivity contribution is -0.145. The number of carbonyl (C=O) groups excluding carboxylic acids is 1. The third-order valence-corrected chi connectivity index (χ3v) is 3.61. The Balaban J connectivity index is 2.48. The first-order valence-electron chi connectivity index (χ1n) is 7.20. The molecule has 19 heavy (non-hydrogen) atoms. The number of ether oxygens (including phenoxy) is 1. The van der Waals surface area contributed by atoms with Crippen molar-refractivity contribution in [1.29, 1.82) is 0 Å². The monoisotopic (exact) mass is 271 g/mol. The van der Waals surface area contributed by atoms with Gasteiger partial charge in [0.1, 0.15) is 6.10 Å². The van der Waals surface area contributed by atoms with E-state index in [1.165, 1.54) is 0 Å². The fourth-order valence-corrected chi connectivity index (χ4v) is 2.60. The molecule has 0 aromatic heterocycles. The summed E-state index contributed by atoms with van der Waals surface area (Å²) in [7, 11) is 0. The Morgan fingerprint density at radius 1 is 1.42 bits per heavy atom. The maximum Gasteiger partial charge on any atom is 0.303 e. The maximum atomic E-state index is 12.3. The predicted octanol–water partition coefficient (Wildman–Crippen LogP) is 1.90. The quantitative estimate of drug-likeness (QED) is 0.768. The molecule has 5 heteroatoms. The fraction of sp³-hybridized carbons (Fsp3) is 0.857. The topological polar surface area (TPSA) is 66.8 Å². The lowest BCUT2D eigenvalue weighted by Gasteiger charge is -2.34. The van der Waals surface area contributed by atoms with Gasteiger partial charge in [0.15, 0.2) is 0 Å². The van der Waals surface area contributed by atoms with Crippen molar-refractivity contribution in [1.82, 2.24) is 4.90 Å². The van der Waals surface area contributed by atoms with E-state index < -0.39 is 5.97 Å². The number of likely N-dealkylation sites (tertiary alicyclic amines) is 1. The first kappa shape index (κ1) is 16.0. The van der Waals surface area contributed by atoms with Crippen molar-refractivity contribution in [3.8, 4) is 0 Å². The van der Waals surface area contributed by atoms with E-state index in [9.17, 15) is 9.59 Å². The highest BCUT2D eigenvalue weighted by atomic mass is 16.5. The smallest absolute Gasteiger partial charge is 0.303 e. The van der Waals surface area contributed by atoms with Crippen molar-refractivity contribution in [2.75, 3.05) is 19.7 Å². The van der Waals surface area contributed by atoms with Crippen LogP contribution in [0.1, 0.15) is 46.0 Å². The summed E-state index contributed by atoms with van der Waals surface area (Å²) in [5.74, 6) is -0.387. The number of carboxylic acid groups (broad SMARTS) is 1. The number of amides is 1. The summed E-state index contributed by atoms with van der Waals surface area (Å²) in [5, 5.41) is 8.71. The highest BCUT2D eigenvalue weighted by molar-refractivity contribution is 5.81. The van der Waals surface area contributed by atoms with Gasteiger partial charge in [-0.25, -0.2) is 0 Å². The van der Waals surface area contributed by atoms with Crippen molar-refractivity contribution in [2.24, 2.45) is 5.92 Å². The Morgan fingerprint density at radius 3 is 2.74 bits per heavy atom. The summed E-state index contributed by atoms with van der Waals surface area (Å²) in [6, 6.07) is 0. The fourth-order valence-electron chi connectivity index (χ4n) is 2.60. The summed E-state index contributed by atoms with van der Waals surface area (Å²) in [4.78, 5) is 24.7. The third-order valence-electron chi connectivity index (χ3n) is 3.61. The number of carbonyl (C=O) groups is 2. The van der Waals surface area contributed by atoms with Gasteiger partial charge >= 0.3 is 5.97 Å². The molecular formula is C14H25NO4. The molecule has 0 aromatic rings. The van der Waals surface area contributed by atoms with Gasteiger partial charge < -0.3 is 14.7 Å². The summed E-state index contributed by atoms with van der Waals surface area (Å²) < 4.78 is 5.45. The van der Waals surface area contributed by atoms with Gasteiger partial charge in [0.05, 0.1) is 0 Å². The molecular weight excluding hydrogens is 246 g/mol. The molecule has 0 unspecified atom stereocenters. The number of rotatable bonds is 7. The highest BCUT2D eigenvalue weighted by Gasteiger charge is 2.28. The molecule has 0 bridgehead atoms. The van der Waals surface area contributed by atoms with Crippen LogP contribution in [0.15, 0.2) is 0 Å². The van der Waals surface area contributed by atoms with Crippen LogP contribution in [0.4, 0.5) is 0 Å². The number of piperidine rings is 1. The lowest BCUT2D eigenvalue weighted by Crippen LogP contribution is -2.45. The Morgan fingerprint density at radius 2 is 2.16 bits per heavy atom. The van der Waals surface area contributed by atoms with Crippen LogP contribution in [-0.2, 0) is 14.3 Å². The molecule has 1 aliphatic heterocycles. The van der Waals surface area contributed by atoms with Crippen LogP contribution in [0.2, 0.25) is 0 Å². The van der Waals surface area contributed by atoms with Gasteiger partial charge in [0, 0.05) is 26.1 Å². The van der Waals surface area contributed by atoms with Gasteiger partial charge in [0.2, 0.25) is 0 Å². The van der Waals surface area contributed by atoms with E-state index in [-0.39, 0.29) is 18.4 Å². The Hall–Kier alpha value is -1.10. The molecule has 0 saturated carbocycles. The summed E-state index contributed by atoms with van der Waals surface area (Å²) in [6.45, 7) is 5.83. The minimum atomic E-state index is -0.760. The molecule has 5 nitrogen and oxygen atoms in total. The van der Waals surface area contributed by atoms with E-state index in [2.05, 4.69) is 0 Å². The van der Waals surface area contributed by atoms with Crippen LogP contribution in [-0.4, -0.2) is 47.7 Å². The number of aliphatic carboxylic acids is 1. The van der Waals surface area contributed by atoms with Crippen molar-refractivity contribution >= 4 is 11.9 Å². The van der Waals surface area contributed by atoms with Crippen LogP contribution in [0.5, 0.6) is 0 Å². The minimum absolute atomic E-state index is 0.0596. The Labute approximate surface area is 114 Å². The Bertz CT molecular complexity index is 306. The second-order valence-electron chi connectivity index (χ2n) is 5.08. The van der Waals surface area contributed by atoms with E-state index in [0.29, 0.717) is 31.9 Å². The molecule has 110 valence electrons. The van der Waals surface area contributed by atoms with E-state index >= 15 is 0 Å². The second-order valence-corrected chi connectivity index (χ2v) is 5.08. The third kappa shape index (κ3) is 5.19. The van der Waals surface area contributed by atoms with E-state index in [1.54, 1.807) is 0 Å². The van der Waals surface area contributed by atoms with Crippen LogP contribution in [0, 0.1) is 5.92 Å². The molecule has 1 rings (SSSR count). The van der Waals surface area contributed by atoms with Crippen molar-refractivity contribution in [2.45, 2.75) is 52.1 Å². The molecule has 0 radical (unpaired) electrons. The number of nitrogens with zero attached hydrogens (tertiary/aromatic N) is 1. The maximum absolute atomic E-state index is 12.3. The zero-order chi connectivity index (χ0) is 14.3. The van der Waals surface area contributed by atoms with Crippen LogP contribution >= 0.6 is 0 Å². The minimum Gasteiger partial charge on any atom is -0.481 e. The SMILES string of the molecule is CCO[C@H](CC)C(=O)N1CCC[C@H](CCC(=O)O)C1. The number of carboxylic acids is 1. The molecule has 1 fully saturated rings. The van der Waals surface area contributed by atoms with Gasteiger partial charge in [-0.1, -0.05) is 6.92 Å². The molecule has 1 amide bonds. The zero-order valence-electron chi connectivity index (χ0n) is 11.9. The average molecular weight is 271 g/mol. The molecule has 1 saturated heterocycles. The van der Waals surface area contributed by atoms with E-state index in [0.717, 1.165) is 19.4 Å². The predicted molar refractivity (Wildman–Crippen MR) is 71.9 cm³/mol. The summed E-state index contributed by atoms with van der Waals surface area (Å²) >= 11 is 0. The van der Waals surface area contributed by atoms with E-state index in [1.807, 2.05) is 18.7 Å². The molecule has 1 heterocycles. The van der Waals surface area contributed by atoms with Gasteiger partial charge in [-0.3, -0.25) is 9.59 Å². The lowest BCUT2D eigenvalue weighted by atomic mass is 9.93. The Kier molecular flexibility index (Phi) is 6.84. The van der Waals surface area contributed by atoms with Gasteiger partial charge in [-0.2, -0.15) is 0 Å². The molecule has 0 aliphatic carbocycles. The number of hydrogen-bond donors (Lipinski definition) is 1. The van der Waals surface area contributed by atoms with Crippen LogP contribution < -0.4 is 0 Å². The van der Waals surface area contributed by atoms with Gasteiger partial charge in [0.25, 0.3) is 5.91 Å². The second kappa shape index (κ2) is 8.15. The molecule has 1 N–H and O–H groups in total. The zero-order valence-corrected chi connectivity index (χ0v) is 11.9. The molecule has 2 atom stereocenters. The first-order chi connectivity index (χ1) is 9.08. The van der Waals surface area contributed by atoms with E-state index in [4.69, 9.17) is 9.84 Å². The first-order valence-corrected chi connectivity index (χ1v) is 7.20. The van der Waals surface area contributed by atoms with Crippen molar-refractivity contribution in [3.05, 3.63) is 0 Å². The summed E-state index contributed by atoms with van der Waals surface area (Å²) in [5.41, 5.74) is 0. The normalized spacial score (nSPS) is 21.2. The molecule has 1 aliphatic rings. The van der Waals surface area contributed by atoms with Gasteiger partial charge in [-0.05, 0) is 38.5 Å². The standard InChI is InChI=1S/C14H25NO4/c1-3-12(19-4-2)14(18)15-9-5-6-11(10-15)7-8-13(16)17/h11-12H,3-10H2,1-2H3,(H,16,17)/t11-,12-/m1/s1. The highest BCUT2D eigenvalue weighted by Crippen LogP contribution is 2.22. The van der Waals surface area contributed by atoms with Crippen molar-refractivity contribution in [3.63, 3.8) is 0 Å². The molecule has 0 spiro atoms. The average Bonchev–Trinajstić information content (AvgIpc) is 2.42. The van der Waals surface area contributed by atoms with Crippen LogP contribution in [0.25, 0.3) is 0 Å². The summed E-state index contributed by atoms with van der Waals surface area (Å²) in [6.07, 6.45) is 3.16. The van der Waals surface area contributed by atoms with Gasteiger partial charge in [-0.15, -0.1) is 0 Å². The van der Waals surface area contributed by atoms with Crippen molar-refractivity contribution < 1.29 is 19.4 Å².